The van der Waals surface area contributed by atoms with Gasteiger partial charge in [0.2, 0.25) is 0 Å². The van der Waals surface area contributed by atoms with E-state index in [0.29, 0.717) is 11.8 Å². The number of carbonyl (C=O) groups is 1. The number of rotatable bonds is 3. The second-order valence-corrected chi connectivity index (χ2v) is 4.54. The van der Waals surface area contributed by atoms with Crippen LogP contribution in [0.3, 0.4) is 0 Å². The number of aliphatic carboxylic acids is 1. The van der Waals surface area contributed by atoms with Crippen LogP contribution in [0.5, 0.6) is 0 Å². The third-order valence-corrected chi connectivity index (χ3v) is 3.79. The summed E-state index contributed by atoms with van der Waals surface area (Å²) in [6.07, 6.45) is 4.10. The van der Waals surface area contributed by atoms with Crippen molar-refractivity contribution < 1.29 is 9.90 Å². The minimum Gasteiger partial charge on any atom is -0.481 e. The van der Waals surface area contributed by atoms with Crippen LogP contribution in [-0.2, 0) is 4.79 Å². The van der Waals surface area contributed by atoms with Crippen LogP contribution in [-0.4, -0.2) is 11.1 Å². The monoisotopic (exact) mass is 184 g/mol. The molecule has 0 aromatic rings. The molecule has 0 saturated heterocycles. The molecule has 0 aromatic heterocycles. The molecule has 0 aliphatic heterocycles. The van der Waals surface area contributed by atoms with Crippen molar-refractivity contribution in [1.82, 2.24) is 0 Å². The quantitative estimate of drug-likeness (QED) is 0.732. The van der Waals surface area contributed by atoms with Crippen molar-refractivity contribution in [1.29, 1.82) is 0 Å². The average Bonchev–Trinajstić information content (AvgIpc) is 2.43. The van der Waals surface area contributed by atoms with E-state index in [-0.39, 0.29) is 0 Å². The maximum atomic E-state index is 11.2. The van der Waals surface area contributed by atoms with Crippen molar-refractivity contribution in [2.24, 2.45) is 17.3 Å². The molecule has 76 valence electrons. The standard InChI is InChI=1S/C11H20O2/c1-4-8-6-9(5-2)11(3,7-8)10(12)13/h8-9H,4-7H2,1-3H3,(H,12,13). The van der Waals surface area contributed by atoms with Gasteiger partial charge in [-0.05, 0) is 31.6 Å². The van der Waals surface area contributed by atoms with Crippen LogP contribution in [0, 0.1) is 17.3 Å². The molecule has 1 aliphatic carbocycles. The molecule has 3 atom stereocenters. The van der Waals surface area contributed by atoms with Gasteiger partial charge in [0, 0.05) is 0 Å². The average molecular weight is 184 g/mol. The lowest BCUT2D eigenvalue weighted by Gasteiger charge is -2.25. The van der Waals surface area contributed by atoms with Crippen molar-refractivity contribution in [3.63, 3.8) is 0 Å². The maximum absolute atomic E-state index is 11.2. The summed E-state index contributed by atoms with van der Waals surface area (Å²) in [6.45, 7) is 6.17. The zero-order valence-corrected chi connectivity index (χ0v) is 8.84. The van der Waals surface area contributed by atoms with Gasteiger partial charge >= 0.3 is 5.97 Å². The van der Waals surface area contributed by atoms with E-state index in [1.54, 1.807) is 0 Å². The second-order valence-electron chi connectivity index (χ2n) is 4.54. The van der Waals surface area contributed by atoms with Crippen LogP contribution < -0.4 is 0 Å². The molecule has 0 aromatic carbocycles. The number of hydrogen-bond acceptors (Lipinski definition) is 1. The lowest BCUT2D eigenvalue weighted by atomic mass is 9.78. The van der Waals surface area contributed by atoms with Crippen molar-refractivity contribution >= 4 is 5.97 Å². The van der Waals surface area contributed by atoms with E-state index < -0.39 is 11.4 Å². The molecule has 1 saturated carbocycles. The van der Waals surface area contributed by atoms with Gasteiger partial charge in [-0.2, -0.15) is 0 Å². The fourth-order valence-electron chi connectivity index (χ4n) is 2.70. The van der Waals surface area contributed by atoms with Crippen molar-refractivity contribution in [2.45, 2.75) is 46.5 Å². The Labute approximate surface area is 80.3 Å². The topological polar surface area (TPSA) is 37.3 Å². The molecule has 1 aliphatic rings. The van der Waals surface area contributed by atoms with Gasteiger partial charge in [-0.15, -0.1) is 0 Å². The number of carboxylic acids is 1. The summed E-state index contributed by atoms with van der Waals surface area (Å²) in [6, 6.07) is 0. The maximum Gasteiger partial charge on any atom is 0.309 e. The van der Waals surface area contributed by atoms with Crippen LogP contribution in [0.1, 0.15) is 46.5 Å². The van der Waals surface area contributed by atoms with Gasteiger partial charge in [0.05, 0.1) is 5.41 Å². The van der Waals surface area contributed by atoms with Crippen LogP contribution >= 0.6 is 0 Å². The third-order valence-electron chi connectivity index (χ3n) is 3.79. The van der Waals surface area contributed by atoms with Crippen molar-refractivity contribution in [2.75, 3.05) is 0 Å². The second kappa shape index (κ2) is 3.69. The summed E-state index contributed by atoms with van der Waals surface area (Å²) < 4.78 is 0. The first-order valence-electron chi connectivity index (χ1n) is 5.28. The molecule has 2 nitrogen and oxygen atoms in total. The van der Waals surface area contributed by atoms with E-state index in [0.717, 1.165) is 25.7 Å². The molecule has 0 heterocycles. The van der Waals surface area contributed by atoms with Crippen LogP contribution in [0.4, 0.5) is 0 Å². The summed E-state index contributed by atoms with van der Waals surface area (Å²) >= 11 is 0. The van der Waals surface area contributed by atoms with Gasteiger partial charge in [-0.25, -0.2) is 0 Å². The Balaban J connectivity index is 2.78. The smallest absolute Gasteiger partial charge is 0.309 e. The summed E-state index contributed by atoms with van der Waals surface area (Å²) in [7, 11) is 0. The minimum absolute atomic E-state index is 0.384. The van der Waals surface area contributed by atoms with Gasteiger partial charge < -0.3 is 5.11 Å². The molecule has 1 N–H and O–H groups in total. The molecular formula is C11H20O2. The minimum atomic E-state index is -0.602. The van der Waals surface area contributed by atoms with Crippen molar-refractivity contribution in [3.8, 4) is 0 Å². The zero-order valence-electron chi connectivity index (χ0n) is 8.84. The largest absolute Gasteiger partial charge is 0.481 e. The first-order valence-corrected chi connectivity index (χ1v) is 5.28. The predicted octanol–water partition coefficient (Wildman–Crippen LogP) is 2.92. The Morgan fingerprint density at radius 1 is 1.46 bits per heavy atom. The van der Waals surface area contributed by atoms with Crippen LogP contribution in [0.15, 0.2) is 0 Å². The highest BCUT2D eigenvalue weighted by Crippen LogP contribution is 2.49. The summed E-state index contributed by atoms with van der Waals surface area (Å²) in [5.41, 5.74) is -0.449. The molecular weight excluding hydrogens is 164 g/mol. The van der Waals surface area contributed by atoms with E-state index >= 15 is 0 Å². The molecule has 0 bridgehead atoms. The van der Waals surface area contributed by atoms with Gasteiger partial charge in [-0.3, -0.25) is 4.79 Å². The van der Waals surface area contributed by atoms with Gasteiger partial charge in [-0.1, -0.05) is 26.7 Å². The Bertz CT molecular complexity index is 200. The van der Waals surface area contributed by atoms with Gasteiger partial charge in [0.25, 0.3) is 0 Å². The third kappa shape index (κ3) is 1.72. The van der Waals surface area contributed by atoms with Crippen LogP contribution in [0.2, 0.25) is 0 Å². The summed E-state index contributed by atoms with van der Waals surface area (Å²) in [4.78, 5) is 11.2. The van der Waals surface area contributed by atoms with Crippen LogP contribution in [0.25, 0.3) is 0 Å². The number of carboxylic acid groups (broad SMARTS) is 1. The normalized spacial score (nSPS) is 39.3. The molecule has 3 unspecified atom stereocenters. The number of hydrogen-bond donors (Lipinski definition) is 1. The van der Waals surface area contributed by atoms with E-state index in [9.17, 15) is 9.90 Å². The Hall–Kier alpha value is -0.530. The molecule has 1 rings (SSSR count). The summed E-state index contributed by atoms with van der Waals surface area (Å²) in [5.74, 6) is 0.413. The highest BCUT2D eigenvalue weighted by Gasteiger charge is 2.47. The fraction of sp³-hybridized carbons (Fsp3) is 0.909. The summed E-state index contributed by atoms with van der Waals surface area (Å²) in [5, 5.41) is 9.19. The van der Waals surface area contributed by atoms with Crippen molar-refractivity contribution in [3.05, 3.63) is 0 Å². The van der Waals surface area contributed by atoms with E-state index in [4.69, 9.17) is 0 Å². The first-order chi connectivity index (χ1) is 6.04. The van der Waals surface area contributed by atoms with Gasteiger partial charge in [0.1, 0.15) is 0 Å². The lowest BCUT2D eigenvalue weighted by Crippen LogP contribution is -2.31. The van der Waals surface area contributed by atoms with Gasteiger partial charge in [0.15, 0.2) is 0 Å². The predicted molar refractivity (Wildman–Crippen MR) is 52.5 cm³/mol. The van der Waals surface area contributed by atoms with E-state index in [1.165, 1.54) is 0 Å². The SMILES string of the molecule is CCC1CC(CC)C(C)(C(=O)O)C1. The fourth-order valence-corrected chi connectivity index (χ4v) is 2.70. The van der Waals surface area contributed by atoms with E-state index in [1.807, 2.05) is 6.92 Å². The Morgan fingerprint density at radius 2 is 2.08 bits per heavy atom. The highest BCUT2D eigenvalue weighted by atomic mass is 16.4. The Kier molecular flexibility index (Phi) is 2.99. The lowest BCUT2D eigenvalue weighted by molar-refractivity contribution is -0.150. The molecule has 0 spiro atoms. The molecule has 1 fully saturated rings. The molecule has 13 heavy (non-hydrogen) atoms. The van der Waals surface area contributed by atoms with E-state index in [2.05, 4.69) is 13.8 Å². The Morgan fingerprint density at radius 3 is 2.38 bits per heavy atom. The zero-order chi connectivity index (χ0) is 10.1. The molecule has 0 amide bonds. The molecule has 0 radical (unpaired) electrons. The highest BCUT2D eigenvalue weighted by molar-refractivity contribution is 5.75. The molecule has 2 heteroatoms. The first kappa shape index (κ1) is 10.6.